The van der Waals surface area contributed by atoms with Crippen LogP contribution in [0.1, 0.15) is 39.5 Å². The Balaban J connectivity index is 1.52. The van der Waals surface area contributed by atoms with Gasteiger partial charge in [0.25, 0.3) is 0 Å². The zero-order valence-corrected chi connectivity index (χ0v) is 17.2. The lowest BCUT2D eigenvalue weighted by atomic mass is 9.78. The molecule has 1 saturated heterocycles. The van der Waals surface area contributed by atoms with E-state index in [0.717, 1.165) is 51.7 Å². The third kappa shape index (κ3) is 7.60. The molecule has 2 aliphatic rings. The van der Waals surface area contributed by atoms with Crippen molar-refractivity contribution in [1.29, 1.82) is 0 Å². The van der Waals surface area contributed by atoms with E-state index in [1.165, 1.54) is 19.3 Å². The summed E-state index contributed by atoms with van der Waals surface area (Å²) in [5.74, 6) is 1.39. The Labute approximate surface area is 162 Å². The van der Waals surface area contributed by atoms with Gasteiger partial charge in [-0.15, -0.1) is 0 Å². The standard InChI is InChI=1S/C17H33N5OS2/c1-13-5-3-6-15(14(13)2)19-17(25)21-20-16(24)18-7-4-8-22-9-11-23-12-10-22/h13-15H,3-12H2,1-2H3,(H2,18,20,24)(H2,19,21,25)/p+1/t13-,14-,15+/m1/s1. The third-order valence-corrected chi connectivity index (χ3v) is 5.97. The first kappa shape index (κ1) is 20.6. The van der Waals surface area contributed by atoms with Crippen LogP contribution in [0.5, 0.6) is 0 Å². The lowest BCUT2D eigenvalue weighted by Gasteiger charge is -2.35. The van der Waals surface area contributed by atoms with Crippen LogP contribution in [-0.4, -0.2) is 55.7 Å². The van der Waals surface area contributed by atoms with Crippen molar-refractivity contribution in [2.24, 2.45) is 11.8 Å². The first-order valence-electron chi connectivity index (χ1n) is 9.58. The van der Waals surface area contributed by atoms with Crippen LogP contribution < -0.4 is 26.4 Å². The summed E-state index contributed by atoms with van der Waals surface area (Å²) < 4.78 is 5.37. The molecule has 1 aliphatic heterocycles. The number of morpholine rings is 1. The summed E-state index contributed by atoms with van der Waals surface area (Å²) in [6, 6.07) is 0.448. The highest BCUT2D eigenvalue weighted by atomic mass is 32.1. The quantitative estimate of drug-likeness (QED) is 0.257. The molecule has 1 heterocycles. The molecule has 0 aromatic carbocycles. The molecule has 0 amide bonds. The van der Waals surface area contributed by atoms with E-state index < -0.39 is 0 Å². The largest absolute Gasteiger partial charge is 0.370 e. The van der Waals surface area contributed by atoms with Gasteiger partial charge in [0.05, 0.1) is 19.8 Å². The summed E-state index contributed by atoms with van der Waals surface area (Å²) in [5.41, 5.74) is 5.98. The minimum Gasteiger partial charge on any atom is -0.370 e. The third-order valence-electron chi connectivity index (χ3n) is 5.51. The minimum atomic E-state index is 0.448. The van der Waals surface area contributed by atoms with Gasteiger partial charge in [0.2, 0.25) is 0 Å². The van der Waals surface area contributed by atoms with E-state index in [4.69, 9.17) is 29.2 Å². The lowest BCUT2D eigenvalue weighted by molar-refractivity contribution is -0.908. The van der Waals surface area contributed by atoms with Crippen molar-refractivity contribution < 1.29 is 9.64 Å². The highest BCUT2D eigenvalue weighted by Crippen LogP contribution is 2.29. The van der Waals surface area contributed by atoms with E-state index in [-0.39, 0.29) is 0 Å². The molecular weight excluding hydrogens is 354 g/mol. The van der Waals surface area contributed by atoms with Crippen molar-refractivity contribution in [3.8, 4) is 0 Å². The van der Waals surface area contributed by atoms with Crippen LogP contribution in [0.3, 0.4) is 0 Å². The van der Waals surface area contributed by atoms with E-state index in [1.54, 1.807) is 4.90 Å². The Bertz CT molecular complexity index is 431. The highest BCUT2D eigenvalue weighted by Gasteiger charge is 2.27. The summed E-state index contributed by atoms with van der Waals surface area (Å²) in [4.78, 5) is 1.62. The number of nitrogens with one attached hydrogen (secondary N) is 5. The van der Waals surface area contributed by atoms with Crippen molar-refractivity contribution >= 4 is 34.7 Å². The van der Waals surface area contributed by atoms with Crippen molar-refractivity contribution in [2.45, 2.75) is 45.6 Å². The second-order valence-corrected chi connectivity index (χ2v) is 8.14. The van der Waals surface area contributed by atoms with Gasteiger partial charge in [0, 0.05) is 19.0 Å². The van der Waals surface area contributed by atoms with E-state index in [1.807, 2.05) is 0 Å². The number of hydrazine groups is 1. The highest BCUT2D eigenvalue weighted by molar-refractivity contribution is 7.80. The molecule has 3 atom stereocenters. The summed E-state index contributed by atoms with van der Waals surface area (Å²) in [6.45, 7) is 10.7. The second kappa shape index (κ2) is 11.1. The fourth-order valence-corrected chi connectivity index (χ4v) is 3.95. The maximum absolute atomic E-state index is 5.38. The Morgan fingerprint density at radius 1 is 1.08 bits per heavy atom. The van der Waals surface area contributed by atoms with Gasteiger partial charge < -0.3 is 20.3 Å². The van der Waals surface area contributed by atoms with E-state index in [2.05, 4.69) is 35.3 Å². The summed E-state index contributed by atoms with van der Waals surface area (Å²) in [5, 5.41) is 7.85. The Kier molecular flexibility index (Phi) is 9.16. The Morgan fingerprint density at radius 2 is 1.80 bits per heavy atom. The maximum atomic E-state index is 5.38. The topological polar surface area (TPSA) is 61.8 Å². The number of rotatable bonds is 5. The SMILES string of the molecule is C[C@@H]1[C@H](C)CCC[C@@H]1NC(=S)NNC(=S)NCCC[NH+]1CCOCC1. The number of hydrogen-bond donors (Lipinski definition) is 5. The Hall–Kier alpha value is -0.700. The fourth-order valence-electron chi connectivity index (χ4n) is 3.60. The van der Waals surface area contributed by atoms with Gasteiger partial charge in [-0.05, 0) is 42.7 Å². The van der Waals surface area contributed by atoms with Crippen molar-refractivity contribution in [3.05, 3.63) is 0 Å². The lowest BCUT2D eigenvalue weighted by Crippen LogP contribution is -3.14. The number of thiocarbonyl (C=S) groups is 2. The monoisotopic (exact) mass is 388 g/mol. The molecule has 6 nitrogen and oxygen atoms in total. The fraction of sp³-hybridized carbons (Fsp3) is 0.882. The zero-order valence-electron chi connectivity index (χ0n) is 15.5. The minimum absolute atomic E-state index is 0.448. The van der Waals surface area contributed by atoms with E-state index in [9.17, 15) is 0 Å². The maximum Gasteiger partial charge on any atom is 0.185 e. The van der Waals surface area contributed by atoms with Crippen LogP contribution in [0, 0.1) is 11.8 Å². The molecule has 25 heavy (non-hydrogen) atoms. The first-order chi connectivity index (χ1) is 12.1. The molecule has 0 aromatic rings. The summed E-state index contributed by atoms with van der Waals surface area (Å²) in [6.07, 6.45) is 4.86. The number of quaternary nitrogens is 1. The molecule has 0 unspecified atom stereocenters. The molecule has 0 aromatic heterocycles. The van der Waals surface area contributed by atoms with Gasteiger partial charge in [-0.25, -0.2) is 0 Å². The first-order valence-corrected chi connectivity index (χ1v) is 10.4. The van der Waals surface area contributed by atoms with E-state index >= 15 is 0 Å². The van der Waals surface area contributed by atoms with Crippen molar-refractivity contribution in [1.82, 2.24) is 21.5 Å². The normalized spacial score (nSPS) is 27.4. The predicted molar refractivity (Wildman–Crippen MR) is 110 cm³/mol. The van der Waals surface area contributed by atoms with Gasteiger partial charge >= 0.3 is 0 Å². The average Bonchev–Trinajstić information content (AvgIpc) is 2.62. The number of hydrogen-bond acceptors (Lipinski definition) is 3. The average molecular weight is 389 g/mol. The molecule has 2 fully saturated rings. The van der Waals surface area contributed by atoms with Crippen LogP contribution in [0.2, 0.25) is 0 Å². The molecule has 8 heteroatoms. The Morgan fingerprint density at radius 3 is 2.56 bits per heavy atom. The molecule has 2 rings (SSSR count). The van der Waals surface area contributed by atoms with E-state index in [0.29, 0.717) is 22.2 Å². The van der Waals surface area contributed by atoms with Crippen LogP contribution >= 0.6 is 24.4 Å². The molecule has 144 valence electrons. The molecule has 0 bridgehead atoms. The molecule has 1 saturated carbocycles. The van der Waals surface area contributed by atoms with Crippen molar-refractivity contribution in [2.75, 3.05) is 39.4 Å². The predicted octanol–water partition coefficient (Wildman–Crippen LogP) is -0.0405. The van der Waals surface area contributed by atoms with Crippen molar-refractivity contribution in [3.63, 3.8) is 0 Å². The molecule has 5 N–H and O–H groups in total. The van der Waals surface area contributed by atoms with Crippen LogP contribution in [0.25, 0.3) is 0 Å². The van der Waals surface area contributed by atoms with Gasteiger partial charge in [-0.2, -0.15) is 0 Å². The van der Waals surface area contributed by atoms with Crippen LogP contribution in [-0.2, 0) is 4.74 Å². The second-order valence-electron chi connectivity index (χ2n) is 7.32. The van der Waals surface area contributed by atoms with Gasteiger partial charge in [0.15, 0.2) is 10.2 Å². The molecule has 0 radical (unpaired) electrons. The molecule has 0 spiro atoms. The summed E-state index contributed by atoms with van der Waals surface area (Å²) in [7, 11) is 0. The zero-order chi connectivity index (χ0) is 18.1. The van der Waals surface area contributed by atoms with Gasteiger partial charge in [-0.3, -0.25) is 10.9 Å². The number of ether oxygens (including phenoxy) is 1. The van der Waals surface area contributed by atoms with Crippen LogP contribution in [0.4, 0.5) is 0 Å². The summed E-state index contributed by atoms with van der Waals surface area (Å²) >= 11 is 10.7. The molecular formula is C17H34N5OS2+. The van der Waals surface area contributed by atoms with Crippen LogP contribution in [0.15, 0.2) is 0 Å². The van der Waals surface area contributed by atoms with Gasteiger partial charge in [-0.1, -0.05) is 26.7 Å². The molecule has 1 aliphatic carbocycles. The van der Waals surface area contributed by atoms with Gasteiger partial charge in [0.1, 0.15) is 13.1 Å². The smallest absolute Gasteiger partial charge is 0.185 e.